The van der Waals surface area contributed by atoms with Crippen LogP contribution in [0, 0.1) is 12.3 Å². The Bertz CT molecular complexity index is 301. The molecule has 0 N–H and O–H groups in total. The average molecular weight is 175 g/mol. The number of hydrogen-bond acceptors (Lipinski definition) is 1. The molecule has 0 heterocycles. The second-order valence-corrected chi connectivity index (χ2v) is 4.28. The van der Waals surface area contributed by atoms with E-state index in [9.17, 15) is 4.79 Å². The Labute approximate surface area is 79.8 Å². The van der Waals surface area contributed by atoms with E-state index in [4.69, 9.17) is 0 Å². The Morgan fingerprint density at radius 1 is 1.15 bits per heavy atom. The van der Waals surface area contributed by atoms with Crippen LogP contribution in [0.2, 0.25) is 0 Å². The van der Waals surface area contributed by atoms with Crippen molar-refractivity contribution in [3.05, 3.63) is 42.3 Å². The van der Waals surface area contributed by atoms with Gasteiger partial charge in [0, 0.05) is 11.0 Å². The second kappa shape index (κ2) is 3.33. The molecule has 0 aliphatic rings. The monoisotopic (exact) mass is 175 g/mol. The van der Waals surface area contributed by atoms with Crippen LogP contribution in [0.3, 0.4) is 0 Å². The van der Waals surface area contributed by atoms with Crippen molar-refractivity contribution < 1.29 is 4.79 Å². The van der Waals surface area contributed by atoms with E-state index in [0.717, 1.165) is 11.1 Å². The molecule has 1 nitrogen and oxygen atoms in total. The SMILES string of the molecule is [CH2]c1ccc(C(=O)C(C)(C)C)cc1. The molecule has 0 aromatic heterocycles. The first-order chi connectivity index (χ1) is 5.91. The van der Waals surface area contributed by atoms with Crippen LogP contribution in [0.1, 0.15) is 36.7 Å². The van der Waals surface area contributed by atoms with Crippen LogP contribution >= 0.6 is 0 Å². The van der Waals surface area contributed by atoms with Crippen molar-refractivity contribution in [2.45, 2.75) is 20.8 Å². The molecule has 0 amide bonds. The van der Waals surface area contributed by atoms with Gasteiger partial charge in [-0.25, -0.2) is 0 Å². The van der Waals surface area contributed by atoms with Gasteiger partial charge in [0.05, 0.1) is 0 Å². The Morgan fingerprint density at radius 3 is 2.00 bits per heavy atom. The van der Waals surface area contributed by atoms with Crippen molar-refractivity contribution in [2.24, 2.45) is 5.41 Å². The minimum atomic E-state index is -0.303. The zero-order valence-electron chi connectivity index (χ0n) is 8.42. The quantitative estimate of drug-likeness (QED) is 0.599. The smallest absolute Gasteiger partial charge is 0.168 e. The normalized spacial score (nSPS) is 11.4. The third kappa shape index (κ3) is 2.41. The molecule has 1 radical (unpaired) electrons. The summed E-state index contributed by atoms with van der Waals surface area (Å²) in [6.07, 6.45) is 0. The first-order valence-corrected chi connectivity index (χ1v) is 4.38. The van der Waals surface area contributed by atoms with E-state index in [2.05, 4.69) is 6.92 Å². The highest BCUT2D eigenvalue weighted by Crippen LogP contribution is 2.20. The van der Waals surface area contributed by atoms with E-state index in [1.54, 1.807) is 0 Å². The Morgan fingerprint density at radius 2 is 1.62 bits per heavy atom. The van der Waals surface area contributed by atoms with Crippen LogP contribution in [0.25, 0.3) is 0 Å². The van der Waals surface area contributed by atoms with Crippen LogP contribution in [0.4, 0.5) is 0 Å². The number of hydrogen-bond donors (Lipinski definition) is 0. The molecule has 13 heavy (non-hydrogen) atoms. The summed E-state index contributed by atoms with van der Waals surface area (Å²) in [5.74, 6) is 0.174. The van der Waals surface area contributed by atoms with Gasteiger partial charge < -0.3 is 0 Å². The Balaban J connectivity index is 2.97. The maximum atomic E-state index is 11.8. The lowest BCUT2D eigenvalue weighted by Crippen LogP contribution is -2.19. The number of carbonyl (C=O) groups is 1. The molecule has 1 aromatic rings. The predicted octanol–water partition coefficient (Wildman–Crippen LogP) is 3.10. The van der Waals surface area contributed by atoms with Crippen LogP contribution in [-0.4, -0.2) is 5.78 Å². The summed E-state index contributed by atoms with van der Waals surface area (Å²) in [6, 6.07) is 7.38. The average Bonchev–Trinajstić information content (AvgIpc) is 2.03. The van der Waals surface area contributed by atoms with Crippen LogP contribution in [-0.2, 0) is 0 Å². The van der Waals surface area contributed by atoms with Crippen LogP contribution in [0.15, 0.2) is 24.3 Å². The molecule has 1 heteroatoms. The van der Waals surface area contributed by atoms with Gasteiger partial charge in [-0.15, -0.1) is 0 Å². The van der Waals surface area contributed by atoms with Crippen molar-refractivity contribution in [1.29, 1.82) is 0 Å². The highest BCUT2D eigenvalue weighted by molar-refractivity contribution is 5.99. The van der Waals surface area contributed by atoms with Crippen molar-refractivity contribution in [1.82, 2.24) is 0 Å². The Hall–Kier alpha value is -1.11. The van der Waals surface area contributed by atoms with Crippen LogP contribution in [0.5, 0.6) is 0 Å². The highest BCUT2D eigenvalue weighted by Gasteiger charge is 2.22. The van der Waals surface area contributed by atoms with Crippen molar-refractivity contribution in [2.75, 3.05) is 0 Å². The van der Waals surface area contributed by atoms with E-state index < -0.39 is 0 Å². The van der Waals surface area contributed by atoms with Gasteiger partial charge in [-0.3, -0.25) is 4.79 Å². The van der Waals surface area contributed by atoms with Crippen molar-refractivity contribution >= 4 is 5.78 Å². The number of benzene rings is 1. The van der Waals surface area contributed by atoms with Gasteiger partial charge >= 0.3 is 0 Å². The highest BCUT2D eigenvalue weighted by atomic mass is 16.1. The number of ketones is 1. The molecule has 0 spiro atoms. The number of rotatable bonds is 1. The fourth-order valence-corrected chi connectivity index (χ4v) is 1.09. The molecular formula is C12H15O. The number of Topliss-reactive ketones (excluding diaryl/α,β-unsaturated/α-hetero) is 1. The fourth-order valence-electron chi connectivity index (χ4n) is 1.09. The standard InChI is InChI=1S/C12H15O/c1-9-5-7-10(8-6-9)11(13)12(2,3)4/h5-8H,1H2,2-4H3. The van der Waals surface area contributed by atoms with Gasteiger partial charge in [-0.2, -0.15) is 0 Å². The molecule has 69 valence electrons. The summed E-state index contributed by atoms with van der Waals surface area (Å²) < 4.78 is 0. The summed E-state index contributed by atoms with van der Waals surface area (Å²) in [4.78, 5) is 11.8. The van der Waals surface area contributed by atoms with Crippen molar-refractivity contribution in [3.8, 4) is 0 Å². The molecule has 0 bridgehead atoms. The molecule has 0 saturated heterocycles. The molecule has 0 fully saturated rings. The summed E-state index contributed by atoms with van der Waals surface area (Å²) in [5, 5.41) is 0. The zero-order chi connectivity index (χ0) is 10.1. The molecule has 0 saturated carbocycles. The van der Waals surface area contributed by atoms with E-state index in [1.165, 1.54) is 0 Å². The maximum Gasteiger partial charge on any atom is 0.168 e. The second-order valence-electron chi connectivity index (χ2n) is 4.28. The zero-order valence-corrected chi connectivity index (χ0v) is 8.42. The van der Waals surface area contributed by atoms with Gasteiger partial charge in [-0.05, 0) is 12.5 Å². The summed E-state index contributed by atoms with van der Waals surface area (Å²) in [7, 11) is 0. The third-order valence-corrected chi connectivity index (χ3v) is 1.90. The van der Waals surface area contributed by atoms with E-state index in [-0.39, 0.29) is 11.2 Å². The van der Waals surface area contributed by atoms with Gasteiger partial charge in [0.2, 0.25) is 0 Å². The fraction of sp³-hybridized carbons (Fsp3) is 0.333. The van der Waals surface area contributed by atoms with Gasteiger partial charge in [0.15, 0.2) is 5.78 Å². The minimum absolute atomic E-state index is 0.174. The lowest BCUT2D eigenvalue weighted by molar-refractivity contribution is 0.0858. The van der Waals surface area contributed by atoms with Gasteiger partial charge in [-0.1, -0.05) is 45.0 Å². The predicted molar refractivity (Wildman–Crippen MR) is 54.7 cm³/mol. The minimum Gasteiger partial charge on any atom is -0.294 e. The molecule has 0 unspecified atom stereocenters. The molecule has 0 aliphatic heterocycles. The Kier molecular flexibility index (Phi) is 2.55. The first-order valence-electron chi connectivity index (χ1n) is 4.38. The largest absolute Gasteiger partial charge is 0.294 e. The number of carbonyl (C=O) groups excluding carboxylic acids is 1. The molecule has 1 rings (SSSR count). The first kappa shape index (κ1) is 9.97. The van der Waals surface area contributed by atoms with Gasteiger partial charge in [0.25, 0.3) is 0 Å². The summed E-state index contributed by atoms with van der Waals surface area (Å²) in [6.45, 7) is 9.54. The third-order valence-electron chi connectivity index (χ3n) is 1.90. The topological polar surface area (TPSA) is 17.1 Å². The lowest BCUT2D eigenvalue weighted by Gasteiger charge is -2.16. The summed E-state index contributed by atoms with van der Waals surface area (Å²) in [5.41, 5.74) is 1.40. The van der Waals surface area contributed by atoms with Crippen LogP contribution < -0.4 is 0 Å². The maximum absolute atomic E-state index is 11.8. The molecular weight excluding hydrogens is 160 g/mol. The van der Waals surface area contributed by atoms with E-state index in [0.29, 0.717) is 0 Å². The van der Waals surface area contributed by atoms with E-state index >= 15 is 0 Å². The molecule has 0 aliphatic carbocycles. The van der Waals surface area contributed by atoms with Crippen molar-refractivity contribution in [3.63, 3.8) is 0 Å². The van der Waals surface area contributed by atoms with E-state index in [1.807, 2.05) is 45.0 Å². The van der Waals surface area contributed by atoms with Gasteiger partial charge in [0.1, 0.15) is 0 Å². The molecule has 0 atom stereocenters. The molecule has 1 aromatic carbocycles. The lowest BCUT2D eigenvalue weighted by atomic mass is 9.86. The summed E-state index contributed by atoms with van der Waals surface area (Å²) >= 11 is 0.